The highest BCUT2D eigenvalue weighted by Gasteiger charge is 2.62. The summed E-state index contributed by atoms with van der Waals surface area (Å²) in [4.78, 5) is 23.3. The van der Waals surface area contributed by atoms with Crippen LogP contribution in [0.25, 0.3) is 0 Å². The predicted octanol–water partition coefficient (Wildman–Crippen LogP) is 2.93. The molecule has 0 saturated heterocycles. The molecule has 160 valence electrons. The van der Waals surface area contributed by atoms with E-state index in [2.05, 4.69) is 10.2 Å². The lowest BCUT2D eigenvalue weighted by molar-refractivity contribution is -0.386. The summed E-state index contributed by atoms with van der Waals surface area (Å²) in [5.74, 6) is -1.12. The molecule has 0 bridgehead atoms. The predicted molar refractivity (Wildman–Crippen MR) is 98.8 cm³/mol. The average molecular weight is 425 g/mol. The van der Waals surface area contributed by atoms with E-state index in [1.807, 2.05) is 0 Å². The number of aromatic nitrogens is 2. The van der Waals surface area contributed by atoms with Crippen molar-refractivity contribution >= 4 is 17.3 Å². The van der Waals surface area contributed by atoms with Crippen LogP contribution in [0.4, 0.5) is 18.9 Å². The molecule has 1 aromatic heterocycles. The molecule has 30 heavy (non-hydrogen) atoms. The Morgan fingerprint density at radius 2 is 2.00 bits per heavy atom. The minimum Gasteiger partial charge on any atom is -0.362 e. The molecule has 1 aliphatic heterocycles. The number of aliphatic hydroxyl groups is 1. The van der Waals surface area contributed by atoms with E-state index in [1.165, 1.54) is 43.7 Å². The normalized spacial score (nSPS) is 19.2. The van der Waals surface area contributed by atoms with Gasteiger partial charge in [0.1, 0.15) is 11.4 Å². The summed E-state index contributed by atoms with van der Waals surface area (Å²) in [5.41, 5.74) is -2.68. The summed E-state index contributed by atoms with van der Waals surface area (Å²) < 4.78 is 41.5. The molecule has 9 nitrogen and oxygen atoms in total. The van der Waals surface area contributed by atoms with Gasteiger partial charge in [-0.25, -0.2) is 0 Å². The first-order chi connectivity index (χ1) is 13.8. The SMILES string of the molecule is CC1=NN(C(=O)c2cccc(Cn3nc(C)c([N+](=O)[O-])c3C)c2)[C@@](O)(C(F)(F)F)C1. The molecule has 0 fully saturated rings. The Morgan fingerprint density at radius 1 is 1.33 bits per heavy atom. The second-order valence-corrected chi connectivity index (χ2v) is 7.08. The quantitative estimate of drug-likeness (QED) is 0.598. The number of hydrogen-bond acceptors (Lipinski definition) is 6. The van der Waals surface area contributed by atoms with E-state index in [0.717, 1.165) is 0 Å². The summed E-state index contributed by atoms with van der Waals surface area (Å²) in [7, 11) is 0. The Morgan fingerprint density at radius 3 is 2.57 bits per heavy atom. The van der Waals surface area contributed by atoms with E-state index >= 15 is 0 Å². The summed E-state index contributed by atoms with van der Waals surface area (Å²) in [6.07, 6.45) is -5.93. The lowest BCUT2D eigenvalue weighted by atomic mass is 10.1. The van der Waals surface area contributed by atoms with Gasteiger partial charge in [-0.05, 0) is 38.5 Å². The third kappa shape index (κ3) is 3.54. The van der Waals surface area contributed by atoms with Crippen LogP contribution in [-0.2, 0) is 6.54 Å². The maximum Gasteiger partial charge on any atom is 0.438 e. The Balaban J connectivity index is 1.92. The fourth-order valence-electron chi connectivity index (χ4n) is 3.36. The summed E-state index contributed by atoms with van der Waals surface area (Å²) in [6.45, 7) is 4.37. The van der Waals surface area contributed by atoms with Crippen molar-refractivity contribution in [2.45, 2.75) is 45.6 Å². The van der Waals surface area contributed by atoms with Crippen LogP contribution >= 0.6 is 0 Å². The summed E-state index contributed by atoms with van der Waals surface area (Å²) in [6, 6.07) is 5.70. The van der Waals surface area contributed by atoms with Gasteiger partial charge in [-0.2, -0.15) is 28.4 Å². The fraction of sp³-hybridized carbons (Fsp3) is 0.389. The van der Waals surface area contributed by atoms with Crippen molar-refractivity contribution in [1.82, 2.24) is 14.8 Å². The third-order valence-corrected chi connectivity index (χ3v) is 4.80. The van der Waals surface area contributed by atoms with Gasteiger partial charge in [-0.1, -0.05) is 12.1 Å². The molecule has 0 spiro atoms. The van der Waals surface area contributed by atoms with Crippen LogP contribution in [0, 0.1) is 24.0 Å². The number of halogens is 3. The average Bonchev–Trinajstić information content (AvgIpc) is 3.10. The van der Waals surface area contributed by atoms with Crippen molar-refractivity contribution in [1.29, 1.82) is 0 Å². The van der Waals surface area contributed by atoms with Crippen LogP contribution in [0.3, 0.4) is 0 Å². The molecule has 0 aliphatic carbocycles. The molecule has 1 N–H and O–H groups in total. The molecule has 0 radical (unpaired) electrons. The number of hydrogen-bond donors (Lipinski definition) is 1. The molecule has 2 aromatic rings. The zero-order valence-electron chi connectivity index (χ0n) is 16.3. The smallest absolute Gasteiger partial charge is 0.362 e. The van der Waals surface area contributed by atoms with E-state index in [1.54, 1.807) is 6.07 Å². The zero-order valence-corrected chi connectivity index (χ0v) is 16.3. The molecule has 2 heterocycles. The maximum absolute atomic E-state index is 13.4. The maximum atomic E-state index is 13.4. The van der Waals surface area contributed by atoms with Gasteiger partial charge in [0.05, 0.1) is 11.5 Å². The van der Waals surface area contributed by atoms with Gasteiger partial charge in [0.25, 0.3) is 11.6 Å². The molecule has 3 rings (SSSR count). The lowest BCUT2D eigenvalue weighted by Crippen LogP contribution is -2.56. The number of rotatable bonds is 4. The van der Waals surface area contributed by atoms with Gasteiger partial charge >= 0.3 is 11.9 Å². The van der Waals surface area contributed by atoms with Crippen LogP contribution < -0.4 is 0 Å². The fourth-order valence-corrected chi connectivity index (χ4v) is 3.36. The Hall–Kier alpha value is -3.28. The van der Waals surface area contributed by atoms with E-state index in [9.17, 15) is 33.2 Å². The molecule has 0 saturated carbocycles. The number of nitrogens with zero attached hydrogens (tertiary/aromatic N) is 5. The van der Waals surface area contributed by atoms with Crippen molar-refractivity contribution in [2.24, 2.45) is 5.10 Å². The van der Waals surface area contributed by atoms with Crippen molar-refractivity contribution in [3.8, 4) is 0 Å². The first kappa shape index (κ1) is 21.4. The Kier molecular flexibility index (Phi) is 5.14. The highest BCUT2D eigenvalue weighted by atomic mass is 19.4. The number of hydrazone groups is 1. The van der Waals surface area contributed by atoms with E-state index in [4.69, 9.17) is 0 Å². The van der Waals surface area contributed by atoms with Gasteiger partial charge in [-0.15, -0.1) is 0 Å². The van der Waals surface area contributed by atoms with Crippen LogP contribution in [0.1, 0.15) is 40.7 Å². The highest BCUT2D eigenvalue weighted by Crippen LogP contribution is 2.40. The van der Waals surface area contributed by atoms with Crippen molar-refractivity contribution in [3.05, 3.63) is 56.9 Å². The molecular formula is C18H18F3N5O4. The largest absolute Gasteiger partial charge is 0.438 e. The number of benzene rings is 1. The van der Waals surface area contributed by atoms with Gasteiger partial charge in [0, 0.05) is 17.7 Å². The molecule has 1 aromatic carbocycles. The minimum atomic E-state index is -5.09. The number of alkyl halides is 3. The zero-order chi connectivity index (χ0) is 22.4. The summed E-state index contributed by atoms with van der Waals surface area (Å²) in [5, 5.41) is 29.0. The number of carbonyl (C=O) groups is 1. The van der Waals surface area contributed by atoms with Gasteiger partial charge in [-0.3, -0.25) is 19.6 Å². The number of carbonyl (C=O) groups excluding carboxylic acids is 1. The van der Waals surface area contributed by atoms with Crippen LogP contribution in [0.15, 0.2) is 29.4 Å². The monoisotopic (exact) mass is 425 g/mol. The van der Waals surface area contributed by atoms with E-state index in [0.29, 0.717) is 11.3 Å². The molecule has 12 heteroatoms. The third-order valence-electron chi connectivity index (χ3n) is 4.80. The van der Waals surface area contributed by atoms with Crippen LogP contribution in [0.5, 0.6) is 0 Å². The summed E-state index contributed by atoms with van der Waals surface area (Å²) >= 11 is 0. The Bertz CT molecular complexity index is 1060. The standard InChI is InChI=1S/C18H18F3N5O4/c1-10-8-17(28,18(19,20)21)25(22-10)16(27)14-6-4-5-13(7-14)9-24-12(3)15(26(29)30)11(2)23-24/h4-7,28H,8-9H2,1-3H3/t17-/m0/s1. The molecule has 1 atom stereocenters. The van der Waals surface area contributed by atoms with Crippen LogP contribution in [-0.4, -0.2) is 48.3 Å². The van der Waals surface area contributed by atoms with Crippen LogP contribution in [0.2, 0.25) is 0 Å². The Labute approximate surface area is 168 Å². The van der Waals surface area contributed by atoms with E-state index < -0.39 is 29.2 Å². The highest BCUT2D eigenvalue weighted by molar-refractivity contribution is 5.98. The molecular weight excluding hydrogens is 407 g/mol. The second kappa shape index (κ2) is 7.20. The number of aryl methyl sites for hydroxylation is 1. The van der Waals surface area contributed by atoms with E-state index in [-0.39, 0.29) is 34.2 Å². The van der Waals surface area contributed by atoms with Gasteiger partial charge in [0.2, 0.25) is 0 Å². The van der Waals surface area contributed by atoms with Gasteiger partial charge in [0.15, 0.2) is 0 Å². The second-order valence-electron chi connectivity index (χ2n) is 7.08. The first-order valence-corrected chi connectivity index (χ1v) is 8.80. The van der Waals surface area contributed by atoms with Crippen molar-refractivity contribution in [3.63, 3.8) is 0 Å². The minimum absolute atomic E-state index is 0.0331. The lowest BCUT2D eigenvalue weighted by Gasteiger charge is -2.32. The molecule has 1 amide bonds. The molecule has 0 unspecified atom stereocenters. The first-order valence-electron chi connectivity index (χ1n) is 8.80. The number of amides is 1. The molecule has 1 aliphatic rings. The number of nitro groups is 1. The van der Waals surface area contributed by atoms with Crippen molar-refractivity contribution < 1.29 is 28.0 Å². The van der Waals surface area contributed by atoms with Gasteiger partial charge < -0.3 is 5.11 Å². The topological polar surface area (TPSA) is 114 Å². The van der Waals surface area contributed by atoms with Crippen molar-refractivity contribution in [2.75, 3.05) is 0 Å².